The molecule has 6 nitrogen and oxygen atoms in total. The highest BCUT2D eigenvalue weighted by Crippen LogP contribution is 2.27. The summed E-state index contributed by atoms with van der Waals surface area (Å²) in [7, 11) is 1.65. The normalized spacial score (nSPS) is 18.2. The number of nitrogens with two attached hydrogens (primary N) is 1. The number of ether oxygens (including phenoxy) is 1. The first-order valence-corrected chi connectivity index (χ1v) is 6.76. The molecule has 1 fully saturated rings. The average molecular weight is 266 g/mol. The average Bonchev–Trinajstić information content (AvgIpc) is 2.85. The van der Waals surface area contributed by atoms with Crippen molar-refractivity contribution in [2.24, 2.45) is 5.73 Å². The third-order valence-electron chi connectivity index (χ3n) is 3.61. The van der Waals surface area contributed by atoms with Crippen molar-refractivity contribution in [3.05, 3.63) is 12.4 Å². The van der Waals surface area contributed by atoms with Gasteiger partial charge in [0.1, 0.15) is 0 Å². The van der Waals surface area contributed by atoms with Crippen LogP contribution in [0.2, 0.25) is 0 Å². The van der Waals surface area contributed by atoms with E-state index in [0.717, 1.165) is 25.7 Å². The van der Waals surface area contributed by atoms with E-state index in [1.54, 1.807) is 24.2 Å². The molecule has 2 rings (SSSR count). The summed E-state index contributed by atoms with van der Waals surface area (Å²) in [6.07, 6.45) is 8.17. The summed E-state index contributed by atoms with van der Waals surface area (Å²) < 4.78 is 6.72. The minimum absolute atomic E-state index is 0.0986. The number of anilines is 1. The number of amides is 1. The summed E-state index contributed by atoms with van der Waals surface area (Å²) in [5.41, 5.74) is 6.15. The fourth-order valence-corrected chi connectivity index (χ4v) is 2.40. The zero-order valence-electron chi connectivity index (χ0n) is 11.4. The third kappa shape index (κ3) is 3.54. The number of nitrogens with one attached hydrogen (secondary N) is 1. The van der Waals surface area contributed by atoms with Gasteiger partial charge in [0.25, 0.3) is 0 Å². The maximum absolute atomic E-state index is 12.2. The molecule has 1 aliphatic rings. The molecule has 0 spiro atoms. The highest BCUT2D eigenvalue weighted by molar-refractivity contribution is 5.97. The quantitative estimate of drug-likeness (QED) is 0.837. The van der Waals surface area contributed by atoms with Gasteiger partial charge in [0, 0.05) is 13.3 Å². The molecule has 0 atom stereocenters. The van der Waals surface area contributed by atoms with Crippen molar-refractivity contribution >= 4 is 11.6 Å². The van der Waals surface area contributed by atoms with Gasteiger partial charge in [-0.1, -0.05) is 19.3 Å². The molecular formula is C13H22N4O2. The molecule has 0 unspecified atom stereocenters. The predicted octanol–water partition coefficient (Wildman–Crippen LogP) is 1.13. The first-order chi connectivity index (χ1) is 9.14. The lowest BCUT2D eigenvalue weighted by Crippen LogP contribution is -2.52. The zero-order chi connectivity index (χ0) is 13.7. The van der Waals surface area contributed by atoms with Gasteiger partial charge in [-0.25, -0.2) is 0 Å². The van der Waals surface area contributed by atoms with Gasteiger partial charge < -0.3 is 15.8 Å². The van der Waals surface area contributed by atoms with Crippen LogP contribution in [0.4, 0.5) is 5.69 Å². The Bertz CT molecular complexity index is 424. The van der Waals surface area contributed by atoms with Crippen LogP contribution >= 0.6 is 0 Å². The van der Waals surface area contributed by atoms with Crippen LogP contribution in [-0.2, 0) is 16.1 Å². The summed E-state index contributed by atoms with van der Waals surface area (Å²) in [6.45, 7) is 1.26. The van der Waals surface area contributed by atoms with Crippen LogP contribution in [0.15, 0.2) is 12.4 Å². The van der Waals surface area contributed by atoms with Crippen LogP contribution in [0.3, 0.4) is 0 Å². The molecule has 1 amide bonds. The number of carbonyl (C=O) groups is 1. The first-order valence-electron chi connectivity index (χ1n) is 6.76. The van der Waals surface area contributed by atoms with E-state index in [2.05, 4.69) is 10.4 Å². The van der Waals surface area contributed by atoms with Gasteiger partial charge in [-0.2, -0.15) is 5.10 Å². The molecule has 6 heteroatoms. The van der Waals surface area contributed by atoms with Crippen molar-refractivity contribution in [3.8, 4) is 0 Å². The summed E-state index contributed by atoms with van der Waals surface area (Å²) in [5, 5.41) is 7.02. The van der Waals surface area contributed by atoms with E-state index in [9.17, 15) is 4.79 Å². The molecule has 1 saturated carbocycles. The smallest absolute Gasteiger partial charge is 0.244 e. The van der Waals surface area contributed by atoms with Gasteiger partial charge >= 0.3 is 0 Å². The zero-order valence-corrected chi connectivity index (χ0v) is 11.4. The molecule has 106 valence electrons. The van der Waals surface area contributed by atoms with Gasteiger partial charge in [-0.3, -0.25) is 9.48 Å². The SMILES string of the molecule is COCCn1cc(NC(=O)C2(N)CCCCC2)cn1. The monoisotopic (exact) mass is 266 g/mol. The second-order valence-electron chi connectivity index (χ2n) is 5.16. The van der Waals surface area contributed by atoms with Gasteiger partial charge in [0.05, 0.1) is 30.6 Å². The van der Waals surface area contributed by atoms with Crippen LogP contribution in [0.1, 0.15) is 32.1 Å². The largest absolute Gasteiger partial charge is 0.383 e. The van der Waals surface area contributed by atoms with Gasteiger partial charge in [-0.05, 0) is 12.8 Å². The Morgan fingerprint density at radius 3 is 2.95 bits per heavy atom. The lowest BCUT2D eigenvalue weighted by atomic mass is 9.82. The van der Waals surface area contributed by atoms with Crippen LogP contribution in [0, 0.1) is 0 Å². The van der Waals surface area contributed by atoms with Gasteiger partial charge in [0.2, 0.25) is 5.91 Å². The molecule has 1 aromatic rings. The van der Waals surface area contributed by atoms with E-state index in [0.29, 0.717) is 18.8 Å². The fraction of sp³-hybridized carbons (Fsp3) is 0.692. The molecule has 1 aliphatic carbocycles. The minimum atomic E-state index is -0.715. The maximum atomic E-state index is 12.2. The Morgan fingerprint density at radius 1 is 1.53 bits per heavy atom. The molecule has 1 aromatic heterocycles. The maximum Gasteiger partial charge on any atom is 0.244 e. The lowest BCUT2D eigenvalue weighted by Gasteiger charge is -2.31. The van der Waals surface area contributed by atoms with Crippen LogP contribution in [0.5, 0.6) is 0 Å². The molecule has 0 radical (unpaired) electrons. The van der Waals surface area contributed by atoms with Crippen molar-refractivity contribution in [3.63, 3.8) is 0 Å². The fourth-order valence-electron chi connectivity index (χ4n) is 2.40. The molecule has 0 saturated heterocycles. The van der Waals surface area contributed by atoms with E-state index in [1.807, 2.05) is 0 Å². The van der Waals surface area contributed by atoms with Crippen LogP contribution < -0.4 is 11.1 Å². The first kappa shape index (κ1) is 14.0. The van der Waals surface area contributed by atoms with E-state index < -0.39 is 5.54 Å². The van der Waals surface area contributed by atoms with Crippen molar-refractivity contribution in [1.82, 2.24) is 9.78 Å². The number of rotatable bonds is 5. The number of aromatic nitrogens is 2. The molecule has 0 aliphatic heterocycles. The van der Waals surface area contributed by atoms with E-state index in [1.165, 1.54) is 6.42 Å². The summed E-state index contributed by atoms with van der Waals surface area (Å²) >= 11 is 0. The Balaban J connectivity index is 1.92. The topological polar surface area (TPSA) is 82.2 Å². The molecule has 19 heavy (non-hydrogen) atoms. The number of nitrogens with zero attached hydrogens (tertiary/aromatic N) is 2. The van der Waals surface area contributed by atoms with Crippen LogP contribution in [0.25, 0.3) is 0 Å². The Hall–Kier alpha value is -1.40. The third-order valence-corrected chi connectivity index (χ3v) is 3.61. The number of hydrogen-bond acceptors (Lipinski definition) is 4. The Labute approximate surface area is 113 Å². The second-order valence-corrected chi connectivity index (χ2v) is 5.16. The number of hydrogen-bond donors (Lipinski definition) is 2. The molecule has 0 bridgehead atoms. The summed E-state index contributed by atoms with van der Waals surface area (Å²) in [6, 6.07) is 0. The van der Waals surface area contributed by atoms with Crippen molar-refractivity contribution in [2.45, 2.75) is 44.2 Å². The number of carbonyl (C=O) groups excluding carboxylic acids is 1. The van der Waals surface area contributed by atoms with Crippen LogP contribution in [-0.4, -0.2) is 34.9 Å². The lowest BCUT2D eigenvalue weighted by molar-refractivity contribution is -0.122. The second kappa shape index (κ2) is 6.16. The van der Waals surface area contributed by atoms with E-state index >= 15 is 0 Å². The van der Waals surface area contributed by atoms with Crippen molar-refractivity contribution < 1.29 is 9.53 Å². The van der Waals surface area contributed by atoms with Crippen molar-refractivity contribution in [2.75, 3.05) is 19.0 Å². The minimum Gasteiger partial charge on any atom is -0.383 e. The molecule has 0 aromatic carbocycles. The summed E-state index contributed by atoms with van der Waals surface area (Å²) in [5.74, 6) is -0.0986. The summed E-state index contributed by atoms with van der Waals surface area (Å²) in [4.78, 5) is 12.2. The predicted molar refractivity (Wildman–Crippen MR) is 72.7 cm³/mol. The standard InChI is InChI=1S/C13H22N4O2/c1-19-8-7-17-10-11(9-15-17)16-12(18)13(14)5-3-2-4-6-13/h9-10H,2-8,14H2,1H3,(H,16,18). The van der Waals surface area contributed by atoms with Gasteiger partial charge in [0.15, 0.2) is 0 Å². The Kier molecular flexibility index (Phi) is 4.55. The van der Waals surface area contributed by atoms with Crippen molar-refractivity contribution in [1.29, 1.82) is 0 Å². The van der Waals surface area contributed by atoms with Gasteiger partial charge in [-0.15, -0.1) is 0 Å². The Morgan fingerprint density at radius 2 is 2.26 bits per heavy atom. The highest BCUT2D eigenvalue weighted by Gasteiger charge is 2.35. The molecular weight excluding hydrogens is 244 g/mol. The molecule has 3 N–H and O–H groups in total. The highest BCUT2D eigenvalue weighted by atomic mass is 16.5. The molecule has 1 heterocycles. The van der Waals surface area contributed by atoms with E-state index in [4.69, 9.17) is 10.5 Å². The number of methoxy groups -OCH3 is 1. The van der Waals surface area contributed by atoms with E-state index in [-0.39, 0.29) is 5.91 Å².